The first-order valence-corrected chi connectivity index (χ1v) is 7.77. The summed E-state index contributed by atoms with van der Waals surface area (Å²) in [6.45, 7) is 5.79. The number of carboxylic acids is 1. The highest BCUT2D eigenvalue weighted by molar-refractivity contribution is 6.21. The molecule has 0 aromatic heterocycles. The fourth-order valence-electron chi connectivity index (χ4n) is 2.40. The number of ether oxygens (including phenoxy) is 2. The fourth-order valence-corrected chi connectivity index (χ4v) is 2.40. The van der Waals surface area contributed by atoms with Crippen molar-refractivity contribution in [1.29, 1.82) is 0 Å². The van der Waals surface area contributed by atoms with Gasteiger partial charge in [-0.1, -0.05) is 18.2 Å². The molecule has 0 aliphatic rings. The molecular weight excluding hydrogens is 304 g/mol. The molecule has 0 aliphatic heterocycles. The van der Waals surface area contributed by atoms with Crippen molar-refractivity contribution in [2.75, 3.05) is 7.11 Å². The van der Waals surface area contributed by atoms with E-state index < -0.39 is 5.97 Å². The Labute approximate surface area is 142 Å². The van der Waals surface area contributed by atoms with E-state index in [1.165, 1.54) is 0 Å². The van der Waals surface area contributed by atoms with Crippen LogP contribution in [0, 0.1) is 6.92 Å². The van der Waals surface area contributed by atoms with Crippen molar-refractivity contribution in [1.82, 2.24) is 0 Å². The van der Waals surface area contributed by atoms with Gasteiger partial charge in [0.25, 0.3) is 0 Å². The van der Waals surface area contributed by atoms with Crippen molar-refractivity contribution < 1.29 is 19.4 Å². The van der Waals surface area contributed by atoms with Crippen LogP contribution in [0.2, 0.25) is 0 Å². The Morgan fingerprint density at radius 1 is 1.08 bits per heavy atom. The van der Waals surface area contributed by atoms with Gasteiger partial charge >= 0.3 is 5.97 Å². The third-order valence-corrected chi connectivity index (χ3v) is 3.52. The lowest BCUT2D eigenvalue weighted by Gasteiger charge is -2.11. The van der Waals surface area contributed by atoms with Gasteiger partial charge in [0.2, 0.25) is 0 Å². The predicted octanol–water partition coefficient (Wildman–Crippen LogP) is 4.42. The van der Waals surface area contributed by atoms with Crippen molar-refractivity contribution in [3.05, 3.63) is 59.2 Å². The van der Waals surface area contributed by atoms with Crippen LogP contribution in [0.25, 0.3) is 11.6 Å². The number of methoxy groups -OCH3 is 1. The minimum Gasteiger partial charge on any atom is -0.497 e. The molecule has 126 valence electrons. The van der Waals surface area contributed by atoms with Crippen LogP contribution in [-0.2, 0) is 4.79 Å². The lowest BCUT2D eigenvalue weighted by atomic mass is 9.98. The van der Waals surface area contributed by atoms with E-state index in [2.05, 4.69) is 0 Å². The lowest BCUT2D eigenvalue weighted by molar-refractivity contribution is -0.130. The Bertz CT molecular complexity index is 743. The molecule has 0 spiro atoms. The van der Waals surface area contributed by atoms with Gasteiger partial charge in [0.15, 0.2) is 0 Å². The van der Waals surface area contributed by atoms with Gasteiger partial charge in [0.05, 0.1) is 18.8 Å². The van der Waals surface area contributed by atoms with Crippen molar-refractivity contribution >= 4 is 17.6 Å². The Morgan fingerprint density at radius 3 is 2.21 bits per heavy atom. The number of benzene rings is 2. The Hall–Kier alpha value is -2.75. The van der Waals surface area contributed by atoms with Crippen LogP contribution in [0.1, 0.15) is 30.5 Å². The average molecular weight is 326 g/mol. The number of hydrogen-bond donors (Lipinski definition) is 1. The maximum atomic E-state index is 11.7. The maximum Gasteiger partial charge on any atom is 0.336 e. The Morgan fingerprint density at radius 2 is 1.71 bits per heavy atom. The zero-order valence-corrected chi connectivity index (χ0v) is 14.4. The molecule has 0 heterocycles. The van der Waals surface area contributed by atoms with Crippen LogP contribution in [0.5, 0.6) is 11.5 Å². The predicted molar refractivity (Wildman–Crippen MR) is 95.4 cm³/mol. The molecule has 0 fully saturated rings. The van der Waals surface area contributed by atoms with Crippen LogP contribution in [0.4, 0.5) is 0 Å². The topological polar surface area (TPSA) is 55.8 Å². The molecule has 0 radical (unpaired) electrons. The zero-order valence-electron chi connectivity index (χ0n) is 14.4. The molecule has 2 rings (SSSR count). The average Bonchev–Trinajstić information content (AvgIpc) is 2.53. The van der Waals surface area contributed by atoms with Crippen molar-refractivity contribution in [2.45, 2.75) is 26.9 Å². The molecule has 0 saturated heterocycles. The number of hydrogen-bond acceptors (Lipinski definition) is 3. The van der Waals surface area contributed by atoms with Crippen LogP contribution < -0.4 is 9.47 Å². The Kier molecular flexibility index (Phi) is 5.64. The van der Waals surface area contributed by atoms with Crippen molar-refractivity contribution in [3.8, 4) is 11.5 Å². The van der Waals surface area contributed by atoms with Crippen LogP contribution in [0.15, 0.2) is 42.5 Å². The summed E-state index contributed by atoms with van der Waals surface area (Å²) in [5, 5.41) is 9.59. The summed E-state index contributed by atoms with van der Waals surface area (Å²) in [5.74, 6) is 0.501. The lowest BCUT2D eigenvalue weighted by Crippen LogP contribution is -2.05. The standard InChI is InChI=1S/C20H22O4/c1-13(2)24-16-7-5-15(6-8-16)12-19(20(21)22)18-10-9-17(23-4)11-14(18)3/h5-13H,1-4H3,(H,21,22)/b19-12-. The Balaban J connectivity index is 2.37. The third-order valence-electron chi connectivity index (χ3n) is 3.52. The van der Waals surface area contributed by atoms with E-state index in [1.54, 1.807) is 25.3 Å². The van der Waals surface area contributed by atoms with Gasteiger partial charge in [-0.25, -0.2) is 4.79 Å². The molecule has 24 heavy (non-hydrogen) atoms. The van der Waals surface area contributed by atoms with Crippen LogP contribution in [-0.4, -0.2) is 24.3 Å². The summed E-state index contributed by atoms with van der Waals surface area (Å²) in [5.41, 5.74) is 2.57. The summed E-state index contributed by atoms with van der Waals surface area (Å²) in [6, 6.07) is 12.7. The molecular formula is C20H22O4. The van der Waals surface area contributed by atoms with Crippen molar-refractivity contribution in [3.63, 3.8) is 0 Å². The molecule has 4 nitrogen and oxygen atoms in total. The largest absolute Gasteiger partial charge is 0.497 e. The van der Waals surface area contributed by atoms with Gasteiger partial charge < -0.3 is 14.6 Å². The van der Waals surface area contributed by atoms with Crippen LogP contribution in [0.3, 0.4) is 0 Å². The minimum atomic E-state index is -0.967. The molecule has 2 aromatic rings. The van der Waals surface area contributed by atoms with Gasteiger partial charge in [-0.2, -0.15) is 0 Å². The second-order valence-electron chi connectivity index (χ2n) is 5.78. The highest BCUT2D eigenvalue weighted by atomic mass is 16.5. The number of carboxylic acid groups (broad SMARTS) is 1. The van der Waals surface area contributed by atoms with Crippen LogP contribution >= 0.6 is 0 Å². The monoisotopic (exact) mass is 326 g/mol. The minimum absolute atomic E-state index is 0.0999. The first kappa shape index (κ1) is 17.6. The SMILES string of the molecule is COc1ccc(/C(=C/c2ccc(OC(C)C)cc2)C(=O)O)c(C)c1. The van der Waals surface area contributed by atoms with Crippen molar-refractivity contribution in [2.24, 2.45) is 0 Å². The second-order valence-corrected chi connectivity index (χ2v) is 5.78. The first-order valence-electron chi connectivity index (χ1n) is 7.77. The second kappa shape index (κ2) is 7.68. The zero-order chi connectivity index (χ0) is 17.7. The van der Waals surface area contributed by atoms with Gasteiger partial charge in [0, 0.05) is 0 Å². The van der Waals surface area contributed by atoms with Gasteiger partial charge in [-0.15, -0.1) is 0 Å². The van der Waals surface area contributed by atoms with E-state index in [4.69, 9.17) is 9.47 Å². The molecule has 0 amide bonds. The molecule has 4 heteroatoms. The highest BCUT2D eigenvalue weighted by Crippen LogP contribution is 2.26. The molecule has 1 N–H and O–H groups in total. The summed E-state index contributed by atoms with van der Waals surface area (Å²) < 4.78 is 10.8. The van der Waals surface area contributed by atoms with E-state index in [-0.39, 0.29) is 11.7 Å². The van der Waals surface area contributed by atoms with E-state index in [9.17, 15) is 9.90 Å². The van der Waals surface area contributed by atoms with E-state index in [0.717, 1.165) is 16.9 Å². The summed E-state index contributed by atoms with van der Waals surface area (Å²) >= 11 is 0. The van der Waals surface area contributed by atoms with E-state index >= 15 is 0 Å². The maximum absolute atomic E-state index is 11.7. The molecule has 2 aromatic carbocycles. The fraction of sp³-hybridized carbons (Fsp3) is 0.250. The molecule has 0 atom stereocenters. The molecule has 0 aliphatic carbocycles. The molecule has 0 bridgehead atoms. The molecule has 0 saturated carbocycles. The first-order chi connectivity index (χ1) is 11.4. The highest BCUT2D eigenvalue weighted by Gasteiger charge is 2.13. The number of carbonyl (C=O) groups is 1. The smallest absolute Gasteiger partial charge is 0.336 e. The van der Waals surface area contributed by atoms with E-state index in [0.29, 0.717) is 11.3 Å². The quantitative estimate of drug-likeness (QED) is 0.631. The third kappa shape index (κ3) is 4.38. The summed E-state index contributed by atoms with van der Waals surface area (Å²) in [4.78, 5) is 11.7. The number of aryl methyl sites for hydroxylation is 1. The molecule has 0 unspecified atom stereocenters. The van der Waals surface area contributed by atoms with Gasteiger partial charge in [0.1, 0.15) is 11.5 Å². The van der Waals surface area contributed by atoms with Gasteiger partial charge in [-0.3, -0.25) is 0 Å². The number of rotatable bonds is 6. The number of aliphatic carboxylic acids is 1. The van der Waals surface area contributed by atoms with Gasteiger partial charge in [-0.05, 0) is 67.8 Å². The normalized spacial score (nSPS) is 11.5. The van der Waals surface area contributed by atoms with E-state index in [1.807, 2.05) is 51.1 Å². The summed E-state index contributed by atoms with van der Waals surface area (Å²) in [7, 11) is 1.59. The summed E-state index contributed by atoms with van der Waals surface area (Å²) in [6.07, 6.45) is 1.76.